The van der Waals surface area contributed by atoms with Crippen LogP contribution in [0, 0.1) is 4.91 Å². The van der Waals surface area contributed by atoms with Crippen LogP contribution in [0.4, 0.5) is 0 Å². The molecule has 0 spiro atoms. The summed E-state index contributed by atoms with van der Waals surface area (Å²) in [5.74, 6) is 0. The molecule has 0 saturated heterocycles. The lowest BCUT2D eigenvalue weighted by Gasteiger charge is -2.20. The van der Waals surface area contributed by atoms with Crippen molar-refractivity contribution < 1.29 is 5.11 Å². The van der Waals surface area contributed by atoms with Crippen LogP contribution >= 0.6 is 0 Å². The van der Waals surface area contributed by atoms with Crippen LogP contribution in [0.3, 0.4) is 0 Å². The number of rotatable bonds is 2. The summed E-state index contributed by atoms with van der Waals surface area (Å²) in [6, 6.07) is 7.46. The Morgan fingerprint density at radius 1 is 1.50 bits per heavy atom. The summed E-state index contributed by atoms with van der Waals surface area (Å²) in [6.45, 7) is 0. The molecule has 0 aliphatic heterocycles. The quantitative estimate of drug-likeness (QED) is 0.567. The van der Waals surface area contributed by atoms with E-state index in [9.17, 15) is 10.0 Å². The number of benzene rings is 1. The molecule has 4 heteroatoms. The van der Waals surface area contributed by atoms with Crippen molar-refractivity contribution in [2.45, 2.75) is 18.6 Å². The SMILES string of the molecule is CN(N=O)[C@H]1Cc2ccccc2[C@@H]1O. The molecule has 0 saturated carbocycles. The smallest absolute Gasteiger partial charge is 0.102 e. The molecule has 0 bridgehead atoms. The van der Waals surface area contributed by atoms with Gasteiger partial charge in [-0.2, -0.15) is 0 Å². The zero-order valence-corrected chi connectivity index (χ0v) is 7.92. The Kier molecular flexibility index (Phi) is 2.21. The third-order valence-electron chi connectivity index (χ3n) is 2.78. The van der Waals surface area contributed by atoms with E-state index in [4.69, 9.17) is 0 Å². The Morgan fingerprint density at radius 2 is 2.21 bits per heavy atom. The number of fused-ring (bicyclic) bond motifs is 1. The van der Waals surface area contributed by atoms with Gasteiger partial charge in [0, 0.05) is 7.05 Å². The normalized spacial score (nSPS) is 24.4. The number of likely N-dealkylation sites (N-methyl/N-ethyl adjacent to an activating group) is 1. The number of aliphatic hydroxyl groups excluding tert-OH is 1. The van der Waals surface area contributed by atoms with Crippen molar-refractivity contribution in [3.05, 3.63) is 40.3 Å². The maximum atomic E-state index is 10.4. The van der Waals surface area contributed by atoms with Crippen molar-refractivity contribution in [1.82, 2.24) is 5.01 Å². The standard InChI is InChI=1S/C10H12N2O2/c1-12(11-14)9-6-7-4-2-3-5-8(7)10(9)13/h2-5,9-10,13H,6H2,1H3/t9-,10-/m0/s1. The lowest BCUT2D eigenvalue weighted by atomic mass is 10.1. The Labute approximate surface area is 82.1 Å². The zero-order chi connectivity index (χ0) is 10.1. The third kappa shape index (κ3) is 1.28. The van der Waals surface area contributed by atoms with E-state index in [0.717, 1.165) is 11.1 Å². The van der Waals surface area contributed by atoms with Gasteiger partial charge in [-0.05, 0) is 17.5 Å². The van der Waals surface area contributed by atoms with Gasteiger partial charge in [-0.3, -0.25) is 5.01 Å². The molecule has 0 radical (unpaired) electrons. The lowest BCUT2D eigenvalue weighted by molar-refractivity contribution is 0.0768. The fourth-order valence-electron chi connectivity index (χ4n) is 1.95. The highest BCUT2D eigenvalue weighted by atomic mass is 16.3. The average molecular weight is 192 g/mol. The minimum absolute atomic E-state index is 0.218. The molecular weight excluding hydrogens is 180 g/mol. The molecule has 1 aromatic rings. The molecular formula is C10H12N2O2. The van der Waals surface area contributed by atoms with Gasteiger partial charge >= 0.3 is 0 Å². The van der Waals surface area contributed by atoms with Gasteiger partial charge in [0.1, 0.15) is 6.10 Å². The van der Waals surface area contributed by atoms with E-state index in [2.05, 4.69) is 5.29 Å². The lowest BCUT2D eigenvalue weighted by Crippen LogP contribution is -2.30. The molecule has 0 amide bonds. The Balaban J connectivity index is 2.29. The Morgan fingerprint density at radius 3 is 2.86 bits per heavy atom. The summed E-state index contributed by atoms with van der Waals surface area (Å²) in [5, 5.41) is 14.0. The Bertz CT molecular complexity index is 354. The molecule has 0 heterocycles. The van der Waals surface area contributed by atoms with Gasteiger partial charge in [0.05, 0.1) is 11.3 Å². The molecule has 1 aliphatic rings. The zero-order valence-electron chi connectivity index (χ0n) is 7.92. The van der Waals surface area contributed by atoms with E-state index in [1.54, 1.807) is 7.05 Å². The van der Waals surface area contributed by atoms with Gasteiger partial charge in [-0.1, -0.05) is 24.3 Å². The van der Waals surface area contributed by atoms with Crippen LogP contribution < -0.4 is 0 Å². The summed E-state index contributed by atoms with van der Waals surface area (Å²) < 4.78 is 0. The van der Waals surface area contributed by atoms with Crippen molar-refractivity contribution in [3.8, 4) is 0 Å². The van der Waals surface area contributed by atoms with Crippen molar-refractivity contribution in [2.75, 3.05) is 7.05 Å². The molecule has 1 N–H and O–H groups in total. The van der Waals surface area contributed by atoms with Gasteiger partial charge in [0.15, 0.2) is 0 Å². The topological polar surface area (TPSA) is 52.9 Å². The second-order valence-electron chi connectivity index (χ2n) is 3.57. The maximum absolute atomic E-state index is 10.4. The third-order valence-corrected chi connectivity index (χ3v) is 2.78. The molecule has 74 valence electrons. The van der Waals surface area contributed by atoms with E-state index in [1.807, 2.05) is 24.3 Å². The van der Waals surface area contributed by atoms with Crippen molar-refractivity contribution in [3.63, 3.8) is 0 Å². The number of nitroso groups, excluding NO2 is 1. The first kappa shape index (κ1) is 9.15. The summed E-state index contributed by atoms with van der Waals surface area (Å²) in [6.07, 6.45) is 0.0773. The second-order valence-corrected chi connectivity index (χ2v) is 3.57. The molecule has 14 heavy (non-hydrogen) atoms. The fraction of sp³-hybridized carbons (Fsp3) is 0.400. The first-order valence-corrected chi connectivity index (χ1v) is 4.56. The summed E-state index contributed by atoms with van der Waals surface area (Å²) in [4.78, 5) is 10.4. The van der Waals surface area contributed by atoms with Gasteiger partial charge < -0.3 is 5.11 Å². The van der Waals surface area contributed by atoms with Gasteiger partial charge in [-0.25, -0.2) is 0 Å². The number of nitrogens with zero attached hydrogens (tertiary/aromatic N) is 2. The van der Waals surface area contributed by atoms with Gasteiger partial charge in [-0.15, -0.1) is 4.91 Å². The largest absolute Gasteiger partial charge is 0.386 e. The molecule has 1 aliphatic carbocycles. The molecule has 1 aromatic carbocycles. The van der Waals surface area contributed by atoms with E-state index < -0.39 is 6.10 Å². The summed E-state index contributed by atoms with van der Waals surface area (Å²) >= 11 is 0. The average Bonchev–Trinajstić information content (AvgIpc) is 2.56. The van der Waals surface area contributed by atoms with E-state index in [1.165, 1.54) is 5.01 Å². The van der Waals surface area contributed by atoms with Crippen LogP contribution in [0.2, 0.25) is 0 Å². The minimum Gasteiger partial charge on any atom is -0.386 e. The Hall–Kier alpha value is -1.42. The number of hydrogen-bond acceptors (Lipinski definition) is 3. The van der Waals surface area contributed by atoms with Crippen LogP contribution in [0.25, 0.3) is 0 Å². The monoisotopic (exact) mass is 192 g/mol. The first-order valence-electron chi connectivity index (χ1n) is 4.56. The molecule has 2 atom stereocenters. The van der Waals surface area contributed by atoms with E-state index in [-0.39, 0.29) is 6.04 Å². The molecule has 2 rings (SSSR count). The van der Waals surface area contributed by atoms with Crippen molar-refractivity contribution >= 4 is 0 Å². The van der Waals surface area contributed by atoms with Gasteiger partial charge in [0.2, 0.25) is 0 Å². The molecule has 0 aromatic heterocycles. The van der Waals surface area contributed by atoms with Crippen molar-refractivity contribution in [2.24, 2.45) is 5.29 Å². The maximum Gasteiger partial charge on any atom is 0.102 e. The van der Waals surface area contributed by atoms with Crippen LogP contribution in [-0.4, -0.2) is 23.2 Å². The van der Waals surface area contributed by atoms with Crippen molar-refractivity contribution in [1.29, 1.82) is 0 Å². The predicted molar refractivity (Wildman–Crippen MR) is 52.5 cm³/mol. The van der Waals surface area contributed by atoms with Crippen LogP contribution in [0.5, 0.6) is 0 Å². The predicted octanol–water partition coefficient (Wildman–Crippen LogP) is 1.26. The number of aliphatic hydroxyl groups is 1. The van der Waals surface area contributed by atoms with Crippen LogP contribution in [0.15, 0.2) is 29.6 Å². The van der Waals surface area contributed by atoms with E-state index in [0.29, 0.717) is 6.42 Å². The molecule has 0 unspecified atom stereocenters. The number of hydrogen-bond donors (Lipinski definition) is 1. The molecule has 0 fully saturated rings. The summed E-state index contributed by atoms with van der Waals surface area (Å²) in [7, 11) is 1.59. The minimum atomic E-state index is -0.603. The first-order chi connectivity index (χ1) is 6.74. The summed E-state index contributed by atoms with van der Waals surface area (Å²) in [5.41, 5.74) is 2.01. The highest BCUT2D eigenvalue weighted by molar-refractivity contribution is 5.35. The molecule has 4 nitrogen and oxygen atoms in total. The highest BCUT2D eigenvalue weighted by Gasteiger charge is 2.33. The van der Waals surface area contributed by atoms with Crippen LogP contribution in [0.1, 0.15) is 17.2 Å². The second kappa shape index (κ2) is 3.38. The highest BCUT2D eigenvalue weighted by Crippen LogP contribution is 2.33. The fourth-order valence-corrected chi connectivity index (χ4v) is 1.95. The van der Waals surface area contributed by atoms with Gasteiger partial charge in [0.25, 0.3) is 0 Å². The van der Waals surface area contributed by atoms with Crippen LogP contribution in [-0.2, 0) is 6.42 Å². The van der Waals surface area contributed by atoms with E-state index >= 15 is 0 Å².